The van der Waals surface area contributed by atoms with E-state index in [2.05, 4.69) is 21.3 Å². The van der Waals surface area contributed by atoms with Crippen LogP contribution in [0, 0.1) is 18.8 Å². The molecule has 0 unspecified atom stereocenters. The number of rotatable bonds is 24. The Bertz CT molecular complexity index is 2220. The molecule has 3 aromatic rings. The van der Waals surface area contributed by atoms with Gasteiger partial charge in [0.25, 0.3) is 5.91 Å². The van der Waals surface area contributed by atoms with Crippen molar-refractivity contribution >= 4 is 41.2 Å². The number of nitrogens with zero attached hydrogens (tertiary/aromatic N) is 1. The van der Waals surface area contributed by atoms with Gasteiger partial charge in [0.05, 0.1) is 31.4 Å². The smallest absolute Gasteiger partial charge is 0.308 e. The zero-order chi connectivity index (χ0) is 48.9. The normalized spacial score (nSPS) is 18.2. The Morgan fingerprint density at radius 2 is 1.24 bits per heavy atom. The molecule has 0 spiro atoms. The van der Waals surface area contributed by atoms with Gasteiger partial charge in [-0.25, -0.2) is 0 Å². The molecule has 2 aliphatic heterocycles. The van der Waals surface area contributed by atoms with Gasteiger partial charge >= 0.3 is 5.97 Å². The molecule has 0 aliphatic carbocycles. The number of morpholine rings is 1. The van der Waals surface area contributed by atoms with Crippen LogP contribution >= 0.6 is 0 Å². The summed E-state index contributed by atoms with van der Waals surface area (Å²) in [5.41, 5.74) is 2.45. The van der Waals surface area contributed by atoms with Crippen molar-refractivity contribution in [2.24, 2.45) is 11.8 Å². The summed E-state index contributed by atoms with van der Waals surface area (Å²) in [7, 11) is 0. The molecule has 4 N–H and O–H groups in total. The fourth-order valence-corrected chi connectivity index (χ4v) is 8.64. The van der Waals surface area contributed by atoms with Gasteiger partial charge in [-0.05, 0) is 87.1 Å². The number of quaternary nitrogens is 1. The summed E-state index contributed by atoms with van der Waals surface area (Å²) in [6.45, 7) is 16.3. The van der Waals surface area contributed by atoms with Crippen molar-refractivity contribution in [3.63, 3.8) is 0 Å². The molecule has 0 radical (unpaired) electrons. The molecule has 2 saturated heterocycles. The maximum atomic E-state index is 14.5. The summed E-state index contributed by atoms with van der Waals surface area (Å²) >= 11 is 0. The van der Waals surface area contributed by atoms with Gasteiger partial charge in [0, 0.05) is 18.9 Å². The van der Waals surface area contributed by atoms with Gasteiger partial charge in [-0.3, -0.25) is 33.6 Å². The summed E-state index contributed by atoms with van der Waals surface area (Å²) in [4.78, 5) is 95.5. The highest BCUT2D eigenvalue weighted by Gasteiger charge is 2.50. The molecule has 3 aromatic carbocycles. The number of carbonyl (C=O) groups excluding carboxylic acids is 7. The average Bonchev–Trinajstić information content (AvgIpc) is 4.03. The van der Waals surface area contributed by atoms with Crippen LogP contribution in [0.3, 0.4) is 0 Å². The minimum absolute atomic E-state index is 0.00358. The van der Waals surface area contributed by atoms with Gasteiger partial charge in [0.2, 0.25) is 17.7 Å². The van der Waals surface area contributed by atoms with Crippen molar-refractivity contribution in [3.05, 3.63) is 101 Å². The Morgan fingerprint density at radius 1 is 0.701 bits per heavy atom. The van der Waals surface area contributed by atoms with Crippen LogP contribution in [0.5, 0.6) is 5.75 Å². The van der Waals surface area contributed by atoms with Crippen LogP contribution in [0.15, 0.2) is 72.8 Å². The van der Waals surface area contributed by atoms with Crippen molar-refractivity contribution < 1.29 is 52.3 Å². The number of hydrogen-bond acceptors (Lipinski definition) is 10. The number of epoxide rings is 1. The number of carbonyl (C=O) groups is 7. The summed E-state index contributed by atoms with van der Waals surface area (Å²) < 4.78 is 16.9. The molecular weight excluding hydrogens is 855 g/mol. The SMILES string of the molecule is CC(=O)Oc1c(C)cc(C[N+]2(CC(=O)N[C@@H](CCc3ccccc3)C(=O)N[C@@H](CC(C)C)C(=O)N[C@@H](Cc3ccccc3)C(=O)N[C@@H](CC(C)C)C(=O)[C@@]3(C)CO3)CCOCC2)cc1C(C)=O. The van der Waals surface area contributed by atoms with Gasteiger partial charge in [0.15, 0.2) is 18.1 Å². The molecule has 15 heteroatoms. The maximum absolute atomic E-state index is 14.5. The first-order chi connectivity index (χ1) is 31.8. The molecule has 67 heavy (non-hydrogen) atoms. The number of nitrogens with one attached hydrogen (secondary N) is 4. The van der Waals surface area contributed by atoms with E-state index in [1.807, 2.05) is 94.4 Å². The predicted molar refractivity (Wildman–Crippen MR) is 253 cm³/mol. The molecule has 2 fully saturated rings. The monoisotopic (exact) mass is 925 g/mol. The van der Waals surface area contributed by atoms with E-state index in [0.29, 0.717) is 51.3 Å². The van der Waals surface area contributed by atoms with E-state index in [1.54, 1.807) is 19.9 Å². The van der Waals surface area contributed by atoms with E-state index in [9.17, 15) is 33.6 Å². The van der Waals surface area contributed by atoms with Crippen LogP contribution in [0.2, 0.25) is 0 Å². The van der Waals surface area contributed by atoms with Crippen LogP contribution in [0.25, 0.3) is 0 Å². The fraction of sp³-hybridized carbons (Fsp3) is 0.519. The van der Waals surface area contributed by atoms with Crippen molar-refractivity contribution in [1.82, 2.24) is 21.3 Å². The number of esters is 1. The van der Waals surface area contributed by atoms with Crippen LogP contribution in [0.1, 0.15) is 100 Å². The standard InChI is InChI=1S/C52H69N5O10/c1-33(2)25-43(48(61)52(8)32-66-52)54-51(64)45(29-39-17-13-10-14-18-39)56-50(63)44(26-34(3)4)55-49(62)42(20-19-38-15-11-9-12-16-38)53-46(60)31-57(21-23-65-24-22-57)30-40-27-35(5)47(67-37(7)59)41(28-40)36(6)58/h9-18,27-28,33-34,42-45H,19-26,29-32H2,1-8H3,(H3-,53,54,55,56,60,62,63,64)/p+1/t42-,43-,44-,45-,52+/m0/s1. The second kappa shape index (κ2) is 23.8. The zero-order valence-corrected chi connectivity index (χ0v) is 40.4. The first-order valence-corrected chi connectivity index (χ1v) is 23.5. The van der Waals surface area contributed by atoms with Crippen LogP contribution in [-0.2, 0) is 57.6 Å². The predicted octanol–water partition coefficient (Wildman–Crippen LogP) is 4.73. The lowest BCUT2D eigenvalue weighted by molar-refractivity contribution is -0.940. The first kappa shape index (κ1) is 52.2. The van der Waals surface area contributed by atoms with E-state index < -0.39 is 53.5 Å². The molecular formula is C52H70N5O10+. The second-order valence-corrected chi connectivity index (χ2v) is 19.3. The summed E-state index contributed by atoms with van der Waals surface area (Å²) in [5.74, 6) is -2.82. The Morgan fingerprint density at radius 3 is 1.81 bits per heavy atom. The van der Waals surface area contributed by atoms with E-state index in [-0.39, 0.29) is 77.5 Å². The lowest BCUT2D eigenvalue weighted by Crippen LogP contribution is -2.61. The lowest BCUT2D eigenvalue weighted by atomic mass is 9.93. The molecule has 362 valence electrons. The average molecular weight is 925 g/mol. The molecule has 5 atom stereocenters. The zero-order valence-electron chi connectivity index (χ0n) is 40.4. The topological polar surface area (TPSA) is 199 Å². The van der Waals surface area contributed by atoms with Gasteiger partial charge < -0.3 is 40.0 Å². The van der Waals surface area contributed by atoms with Crippen LogP contribution in [0.4, 0.5) is 0 Å². The van der Waals surface area contributed by atoms with E-state index in [1.165, 1.54) is 13.8 Å². The number of benzene rings is 3. The van der Waals surface area contributed by atoms with Crippen molar-refractivity contribution in [3.8, 4) is 5.75 Å². The van der Waals surface area contributed by atoms with E-state index in [4.69, 9.17) is 14.2 Å². The largest absolute Gasteiger partial charge is 0.426 e. The highest BCUT2D eigenvalue weighted by atomic mass is 16.6. The quantitative estimate of drug-likeness (QED) is 0.0320. The van der Waals surface area contributed by atoms with Crippen LogP contribution in [-0.4, -0.2) is 115 Å². The first-order valence-electron chi connectivity index (χ1n) is 23.5. The molecule has 4 amide bonds. The Kier molecular flexibility index (Phi) is 18.5. The minimum atomic E-state index is -1.09. The van der Waals surface area contributed by atoms with Gasteiger partial charge in [-0.15, -0.1) is 0 Å². The minimum Gasteiger partial charge on any atom is -0.426 e. The number of ketones is 2. The van der Waals surface area contributed by atoms with E-state index >= 15 is 0 Å². The number of amides is 4. The maximum Gasteiger partial charge on any atom is 0.308 e. The summed E-state index contributed by atoms with van der Waals surface area (Å²) in [6, 6.07) is 18.4. The number of ether oxygens (including phenoxy) is 3. The molecule has 0 saturated carbocycles. The van der Waals surface area contributed by atoms with Crippen molar-refractivity contribution in [2.75, 3.05) is 39.5 Å². The molecule has 15 nitrogen and oxygen atoms in total. The Hall–Kier alpha value is -5.77. The van der Waals surface area contributed by atoms with E-state index in [0.717, 1.165) is 16.7 Å². The van der Waals surface area contributed by atoms with Crippen molar-refractivity contribution in [2.45, 2.75) is 124 Å². The molecule has 5 rings (SSSR count). The summed E-state index contributed by atoms with van der Waals surface area (Å²) in [6.07, 6.45) is 1.43. The lowest BCUT2D eigenvalue weighted by Gasteiger charge is -2.41. The Labute approximate surface area is 395 Å². The molecule has 2 heterocycles. The number of Topliss-reactive ketones (excluding diaryl/α,β-unsaturated/α-hetero) is 2. The van der Waals surface area contributed by atoms with Gasteiger partial charge in [-0.2, -0.15) is 0 Å². The molecule has 2 aliphatic rings. The second-order valence-electron chi connectivity index (χ2n) is 19.3. The highest BCUT2D eigenvalue weighted by molar-refractivity contribution is 5.99. The molecule has 0 aromatic heterocycles. The number of aryl methyl sites for hydroxylation is 2. The van der Waals surface area contributed by atoms with Gasteiger partial charge in [0.1, 0.15) is 49.1 Å². The third-order valence-corrected chi connectivity index (χ3v) is 12.3. The third kappa shape index (κ3) is 15.7. The van der Waals surface area contributed by atoms with Crippen LogP contribution < -0.4 is 26.0 Å². The fourth-order valence-electron chi connectivity index (χ4n) is 8.64. The molecule has 0 bridgehead atoms. The van der Waals surface area contributed by atoms with Crippen molar-refractivity contribution in [1.29, 1.82) is 0 Å². The summed E-state index contributed by atoms with van der Waals surface area (Å²) in [5, 5.41) is 11.8. The Balaban J connectivity index is 1.38. The third-order valence-electron chi connectivity index (χ3n) is 12.3. The highest BCUT2D eigenvalue weighted by Crippen LogP contribution is 2.31. The number of hydrogen-bond donors (Lipinski definition) is 4. The van der Waals surface area contributed by atoms with Gasteiger partial charge in [-0.1, -0.05) is 88.4 Å².